The van der Waals surface area contributed by atoms with Crippen LogP contribution in [0, 0.1) is 5.92 Å². The first-order valence-electron chi connectivity index (χ1n) is 9.09. The van der Waals surface area contributed by atoms with Crippen LogP contribution in [0.15, 0.2) is 29.3 Å². The smallest absolute Gasteiger partial charge is 0.193 e. The predicted octanol–water partition coefficient (Wildman–Crippen LogP) is 3.94. The average Bonchev–Trinajstić information content (AvgIpc) is 2.55. The van der Waals surface area contributed by atoms with Gasteiger partial charge in [0.25, 0.3) is 0 Å². The quantitative estimate of drug-likeness (QED) is 0.280. The molecule has 3 N–H and O–H groups in total. The molecule has 0 unspecified atom stereocenters. The third-order valence-electron chi connectivity index (χ3n) is 4.29. The first-order chi connectivity index (χ1) is 11.5. The lowest BCUT2D eigenvalue weighted by Gasteiger charge is -2.29. The minimum atomic E-state index is 0. The summed E-state index contributed by atoms with van der Waals surface area (Å²) in [5.74, 6) is 2.22. The summed E-state index contributed by atoms with van der Waals surface area (Å²) in [5, 5.41) is 3.13. The van der Waals surface area contributed by atoms with Crippen molar-refractivity contribution in [1.29, 1.82) is 0 Å². The molecule has 1 aliphatic rings. The van der Waals surface area contributed by atoms with Gasteiger partial charge in [0.05, 0.1) is 6.10 Å². The molecule has 0 atom stereocenters. The molecule has 5 nitrogen and oxygen atoms in total. The van der Waals surface area contributed by atoms with Crippen LogP contribution in [0.3, 0.4) is 0 Å². The fourth-order valence-electron chi connectivity index (χ4n) is 2.86. The van der Waals surface area contributed by atoms with E-state index < -0.39 is 0 Å². The van der Waals surface area contributed by atoms with Crippen LogP contribution < -0.4 is 15.8 Å². The highest BCUT2D eigenvalue weighted by Crippen LogP contribution is 2.17. The number of anilines is 1. The van der Waals surface area contributed by atoms with Gasteiger partial charge in [0.2, 0.25) is 0 Å². The van der Waals surface area contributed by atoms with Crippen molar-refractivity contribution in [3.8, 4) is 5.75 Å². The van der Waals surface area contributed by atoms with Gasteiger partial charge >= 0.3 is 0 Å². The maximum absolute atomic E-state index is 5.96. The van der Waals surface area contributed by atoms with E-state index in [1.807, 2.05) is 38.1 Å². The fraction of sp³-hybridized carbons (Fsp3) is 0.632. The Hall–Kier alpha value is -1.02. The van der Waals surface area contributed by atoms with Crippen molar-refractivity contribution < 1.29 is 4.74 Å². The number of nitrogens with two attached hydrogens (primary N) is 1. The molecule has 1 aromatic rings. The zero-order valence-corrected chi connectivity index (χ0v) is 18.0. The minimum absolute atomic E-state index is 0. The lowest BCUT2D eigenvalue weighted by molar-refractivity contribution is 0.192. The van der Waals surface area contributed by atoms with E-state index >= 15 is 0 Å². The molecule has 0 amide bonds. The molecule has 0 spiro atoms. The molecular weight excluding hydrogens is 427 g/mol. The largest absolute Gasteiger partial charge is 0.491 e. The monoisotopic (exact) mass is 460 g/mol. The van der Waals surface area contributed by atoms with Gasteiger partial charge in [0.15, 0.2) is 5.96 Å². The van der Waals surface area contributed by atoms with Crippen LogP contribution in [-0.2, 0) is 0 Å². The molecule has 1 fully saturated rings. The second-order valence-electron chi connectivity index (χ2n) is 6.96. The molecule has 0 saturated carbocycles. The Bertz CT molecular complexity index is 511. The van der Waals surface area contributed by atoms with E-state index in [4.69, 9.17) is 10.5 Å². The predicted molar refractivity (Wildman–Crippen MR) is 117 cm³/mol. The first-order valence-corrected chi connectivity index (χ1v) is 9.09. The SMILES string of the molecule is CC1CCN(CCCN=C(N)Nc2ccc(OC(C)C)cc2)CC1.I. The van der Waals surface area contributed by atoms with Crippen LogP contribution in [0.25, 0.3) is 0 Å². The fourth-order valence-corrected chi connectivity index (χ4v) is 2.86. The zero-order chi connectivity index (χ0) is 17.4. The molecule has 142 valence electrons. The molecule has 25 heavy (non-hydrogen) atoms. The third kappa shape index (κ3) is 8.76. The van der Waals surface area contributed by atoms with Gasteiger partial charge in [-0.25, -0.2) is 0 Å². The molecule has 1 saturated heterocycles. The van der Waals surface area contributed by atoms with Crippen molar-refractivity contribution in [1.82, 2.24) is 4.90 Å². The highest BCUT2D eigenvalue weighted by Gasteiger charge is 2.14. The summed E-state index contributed by atoms with van der Waals surface area (Å²) in [6.45, 7) is 10.7. The van der Waals surface area contributed by atoms with Gasteiger partial charge in [-0.05, 0) is 82.9 Å². The second kappa shape index (κ2) is 11.6. The number of halogens is 1. The maximum atomic E-state index is 5.96. The van der Waals surface area contributed by atoms with Gasteiger partial charge < -0.3 is 20.7 Å². The summed E-state index contributed by atoms with van der Waals surface area (Å²) in [6.07, 6.45) is 3.88. The molecule has 1 aliphatic heterocycles. The van der Waals surface area contributed by atoms with E-state index in [1.54, 1.807) is 0 Å². The zero-order valence-electron chi connectivity index (χ0n) is 15.7. The highest BCUT2D eigenvalue weighted by molar-refractivity contribution is 14.0. The van der Waals surface area contributed by atoms with Gasteiger partial charge in [-0.3, -0.25) is 4.99 Å². The third-order valence-corrected chi connectivity index (χ3v) is 4.29. The lowest BCUT2D eigenvalue weighted by Crippen LogP contribution is -2.34. The number of hydrogen-bond acceptors (Lipinski definition) is 3. The molecule has 0 radical (unpaired) electrons. The van der Waals surface area contributed by atoms with Crippen LogP contribution in [0.1, 0.15) is 40.0 Å². The molecule has 1 heterocycles. The Morgan fingerprint density at radius 1 is 1.28 bits per heavy atom. The Balaban J connectivity index is 0.00000312. The van der Waals surface area contributed by atoms with Gasteiger partial charge in [-0.2, -0.15) is 0 Å². The van der Waals surface area contributed by atoms with Crippen LogP contribution in [-0.4, -0.2) is 43.1 Å². The van der Waals surface area contributed by atoms with Gasteiger partial charge in [-0.1, -0.05) is 6.92 Å². The van der Waals surface area contributed by atoms with Crippen molar-refractivity contribution >= 4 is 35.6 Å². The van der Waals surface area contributed by atoms with Crippen molar-refractivity contribution in [2.24, 2.45) is 16.6 Å². The molecule has 1 aromatic carbocycles. The van der Waals surface area contributed by atoms with Crippen molar-refractivity contribution in [3.05, 3.63) is 24.3 Å². The number of rotatable bonds is 7. The first kappa shape index (κ1) is 22.0. The second-order valence-corrected chi connectivity index (χ2v) is 6.96. The molecule has 6 heteroatoms. The summed E-state index contributed by atoms with van der Waals surface area (Å²) >= 11 is 0. The van der Waals surface area contributed by atoms with Crippen LogP contribution >= 0.6 is 24.0 Å². The lowest BCUT2D eigenvalue weighted by atomic mass is 9.99. The van der Waals surface area contributed by atoms with Crippen molar-refractivity contribution in [2.45, 2.75) is 46.1 Å². The molecule has 0 aromatic heterocycles. The summed E-state index contributed by atoms with van der Waals surface area (Å²) in [5.41, 5.74) is 6.88. The molecule has 2 rings (SSSR count). The van der Waals surface area contributed by atoms with E-state index in [2.05, 4.69) is 22.1 Å². The maximum Gasteiger partial charge on any atom is 0.193 e. The topological polar surface area (TPSA) is 62.9 Å². The molecule has 0 aliphatic carbocycles. The number of hydrogen-bond donors (Lipinski definition) is 2. The highest BCUT2D eigenvalue weighted by atomic mass is 127. The van der Waals surface area contributed by atoms with E-state index in [9.17, 15) is 0 Å². The summed E-state index contributed by atoms with van der Waals surface area (Å²) in [4.78, 5) is 6.95. The van der Waals surface area contributed by atoms with E-state index in [-0.39, 0.29) is 30.1 Å². The summed E-state index contributed by atoms with van der Waals surface area (Å²) < 4.78 is 5.62. The number of piperidine rings is 1. The van der Waals surface area contributed by atoms with Crippen LogP contribution in [0.5, 0.6) is 5.75 Å². The number of nitrogens with one attached hydrogen (secondary N) is 1. The number of nitrogens with zero attached hydrogens (tertiary/aromatic N) is 2. The van der Waals surface area contributed by atoms with Crippen molar-refractivity contribution in [2.75, 3.05) is 31.5 Å². The molecular formula is C19H33IN4O. The Morgan fingerprint density at radius 2 is 1.92 bits per heavy atom. The number of benzene rings is 1. The van der Waals surface area contributed by atoms with Crippen molar-refractivity contribution in [3.63, 3.8) is 0 Å². The number of likely N-dealkylation sites (tertiary alicyclic amines) is 1. The van der Waals surface area contributed by atoms with Gasteiger partial charge in [0.1, 0.15) is 5.75 Å². The number of aliphatic imine (C=N–C) groups is 1. The van der Waals surface area contributed by atoms with E-state index in [0.717, 1.165) is 36.9 Å². The Kier molecular flexibility index (Phi) is 10.2. The Labute approximate surface area is 169 Å². The van der Waals surface area contributed by atoms with Gasteiger partial charge in [0, 0.05) is 12.2 Å². The number of ether oxygens (including phenoxy) is 1. The van der Waals surface area contributed by atoms with Crippen LogP contribution in [0.2, 0.25) is 0 Å². The van der Waals surface area contributed by atoms with Crippen LogP contribution in [0.4, 0.5) is 5.69 Å². The van der Waals surface area contributed by atoms with Gasteiger partial charge in [-0.15, -0.1) is 24.0 Å². The minimum Gasteiger partial charge on any atom is -0.491 e. The van der Waals surface area contributed by atoms with E-state index in [1.165, 1.54) is 25.9 Å². The summed E-state index contributed by atoms with van der Waals surface area (Å²) in [6, 6.07) is 7.78. The Morgan fingerprint density at radius 3 is 2.52 bits per heavy atom. The normalized spacial score (nSPS) is 16.6. The standard InChI is InChI=1S/C19H32N4O.HI/c1-15(2)24-18-7-5-17(6-8-18)22-19(20)21-11-4-12-23-13-9-16(3)10-14-23;/h5-8,15-16H,4,9-14H2,1-3H3,(H3,20,21,22);1H. The van der Waals surface area contributed by atoms with E-state index in [0.29, 0.717) is 5.96 Å². The average molecular weight is 460 g/mol. The summed E-state index contributed by atoms with van der Waals surface area (Å²) in [7, 11) is 0. The number of guanidine groups is 1. The molecule has 0 bridgehead atoms.